The van der Waals surface area contributed by atoms with Gasteiger partial charge in [-0.3, -0.25) is 0 Å². The molecule has 3 rings (SSSR count). The minimum absolute atomic E-state index is 0.252. The molecule has 1 aliphatic rings. The molecule has 0 aliphatic carbocycles. The van der Waals surface area contributed by atoms with Gasteiger partial charge in [0.25, 0.3) is 0 Å². The molecule has 116 valence electrons. The molecule has 0 N–H and O–H groups in total. The normalized spacial score (nSPS) is 15.8. The molecule has 0 unspecified atom stereocenters. The van der Waals surface area contributed by atoms with E-state index in [1.54, 1.807) is 4.90 Å². The number of amides is 1. The van der Waals surface area contributed by atoms with Crippen molar-refractivity contribution in [3.8, 4) is 0 Å². The van der Waals surface area contributed by atoms with E-state index in [-0.39, 0.29) is 6.09 Å². The molecular formula is C15H16ClN3O2S. The first-order valence-corrected chi connectivity index (χ1v) is 8.36. The first kappa shape index (κ1) is 15.2. The van der Waals surface area contributed by atoms with E-state index < -0.39 is 0 Å². The molecule has 22 heavy (non-hydrogen) atoms. The highest BCUT2D eigenvalue weighted by Gasteiger charge is 2.26. The lowest BCUT2D eigenvalue weighted by atomic mass is 9.98. The molecule has 0 spiro atoms. The summed E-state index contributed by atoms with van der Waals surface area (Å²) in [6.45, 7) is 1.66. The highest BCUT2D eigenvalue weighted by molar-refractivity contribution is 7.15. The molecule has 7 heteroatoms. The number of ether oxygens (including phenoxy) is 1. The van der Waals surface area contributed by atoms with E-state index in [4.69, 9.17) is 16.3 Å². The number of carbonyl (C=O) groups is 1. The fourth-order valence-corrected chi connectivity index (χ4v) is 3.51. The van der Waals surface area contributed by atoms with Gasteiger partial charge in [0.05, 0.1) is 0 Å². The van der Waals surface area contributed by atoms with Crippen molar-refractivity contribution in [3.63, 3.8) is 0 Å². The lowest BCUT2D eigenvalue weighted by Crippen LogP contribution is -2.38. The Kier molecular flexibility index (Phi) is 4.90. The van der Waals surface area contributed by atoms with Crippen molar-refractivity contribution in [2.75, 3.05) is 13.1 Å². The largest absolute Gasteiger partial charge is 0.445 e. The van der Waals surface area contributed by atoms with E-state index in [1.807, 2.05) is 30.3 Å². The number of piperidine rings is 1. The van der Waals surface area contributed by atoms with Crippen LogP contribution in [0.15, 0.2) is 30.3 Å². The number of carbonyl (C=O) groups excluding carboxylic acids is 1. The van der Waals surface area contributed by atoms with Gasteiger partial charge >= 0.3 is 6.09 Å². The van der Waals surface area contributed by atoms with Crippen molar-refractivity contribution in [2.45, 2.75) is 25.4 Å². The maximum atomic E-state index is 12.1. The molecule has 5 nitrogen and oxygen atoms in total. The number of likely N-dealkylation sites (tertiary alicyclic amines) is 1. The van der Waals surface area contributed by atoms with Crippen LogP contribution in [0.1, 0.15) is 29.3 Å². The van der Waals surface area contributed by atoms with E-state index in [9.17, 15) is 4.79 Å². The highest BCUT2D eigenvalue weighted by Crippen LogP contribution is 2.31. The van der Waals surface area contributed by atoms with Gasteiger partial charge in [0, 0.05) is 19.0 Å². The van der Waals surface area contributed by atoms with Crippen LogP contribution in [-0.4, -0.2) is 34.3 Å². The smallest absolute Gasteiger partial charge is 0.410 e. The van der Waals surface area contributed by atoms with Crippen molar-refractivity contribution in [1.29, 1.82) is 0 Å². The summed E-state index contributed by atoms with van der Waals surface area (Å²) in [4.78, 5) is 13.8. The van der Waals surface area contributed by atoms with Crippen LogP contribution < -0.4 is 0 Å². The second kappa shape index (κ2) is 7.07. The topological polar surface area (TPSA) is 55.3 Å². The molecule has 1 fully saturated rings. The maximum Gasteiger partial charge on any atom is 0.410 e. The number of aromatic nitrogens is 2. The Bertz CT molecular complexity index is 627. The van der Waals surface area contributed by atoms with Gasteiger partial charge < -0.3 is 9.64 Å². The first-order valence-electron chi connectivity index (χ1n) is 7.17. The molecule has 2 heterocycles. The SMILES string of the molecule is O=C(OCc1ccccc1)N1CCC(c2nnc(Cl)s2)CC1. The number of hydrogen-bond donors (Lipinski definition) is 0. The second-order valence-electron chi connectivity index (χ2n) is 5.19. The van der Waals surface area contributed by atoms with Crippen molar-refractivity contribution in [3.05, 3.63) is 45.4 Å². The van der Waals surface area contributed by atoms with Crippen LogP contribution in [-0.2, 0) is 11.3 Å². The molecule has 1 amide bonds. The Morgan fingerprint density at radius 2 is 2.00 bits per heavy atom. The Morgan fingerprint density at radius 1 is 1.27 bits per heavy atom. The van der Waals surface area contributed by atoms with Crippen LogP contribution in [0.25, 0.3) is 0 Å². The summed E-state index contributed by atoms with van der Waals surface area (Å²) >= 11 is 7.24. The molecule has 1 aliphatic heterocycles. The second-order valence-corrected chi connectivity index (χ2v) is 6.79. The van der Waals surface area contributed by atoms with Gasteiger partial charge in [-0.15, -0.1) is 10.2 Å². The van der Waals surface area contributed by atoms with Crippen LogP contribution >= 0.6 is 22.9 Å². The highest BCUT2D eigenvalue weighted by atomic mass is 35.5. The summed E-state index contributed by atoms with van der Waals surface area (Å²) in [6.07, 6.45) is 1.48. The fourth-order valence-electron chi connectivity index (χ4n) is 2.50. The van der Waals surface area contributed by atoms with Gasteiger partial charge in [-0.2, -0.15) is 0 Å². The van der Waals surface area contributed by atoms with E-state index >= 15 is 0 Å². The first-order chi connectivity index (χ1) is 10.7. The van der Waals surface area contributed by atoms with E-state index in [2.05, 4.69) is 10.2 Å². The summed E-state index contributed by atoms with van der Waals surface area (Å²) in [7, 11) is 0. The van der Waals surface area contributed by atoms with Crippen molar-refractivity contribution >= 4 is 29.0 Å². The summed E-state index contributed by atoms with van der Waals surface area (Å²) in [5.74, 6) is 0.336. The van der Waals surface area contributed by atoms with E-state index in [1.165, 1.54) is 11.3 Å². The third kappa shape index (κ3) is 3.75. The van der Waals surface area contributed by atoms with Crippen molar-refractivity contribution in [1.82, 2.24) is 15.1 Å². The number of hydrogen-bond acceptors (Lipinski definition) is 5. The molecule has 0 saturated carbocycles. The predicted molar refractivity (Wildman–Crippen MR) is 85.1 cm³/mol. The monoisotopic (exact) mass is 337 g/mol. The number of benzene rings is 1. The Balaban J connectivity index is 1.47. The van der Waals surface area contributed by atoms with Gasteiger partial charge in [-0.1, -0.05) is 41.7 Å². The third-order valence-corrected chi connectivity index (χ3v) is 4.90. The molecule has 0 radical (unpaired) electrons. The van der Waals surface area contributed by atoms with Crippen LogP contribution in [0.5, 0.6) is 0 Å². The molecule has 0 atom stereocenters. The predicted octanol–water partition coefficient (Wildman–Crippen LogP) is 3.71. The molecule has 1 saturated heterocycles. The van der Waals surface area contributed by atoms with Crippen LogP contribution in [0.4, 0.5) is 4.79 Å². The summed E-state index contributed by atoms with van der Waals surface area (Å²) < 4.78 is 5.83. The standard InChI is InChI=1S/C15H16ClN3O2S/c16-14-18-17-13(22-14)12-6-8-19(9-7-12)15(20)21-10-11-4-2-1-3-5-11/h1-5,12H,6-10H2. The van der Waals surface area contributed by atoms with Crippen LogP contribution in [0, 0.1) is 0 Å². The van der Waals surface area contributed by atoms with Gasteiger partial charge in [-0.25, -0.2) is 4.79 Å². The average molecular weight is 338 g/mol. The van der Waals surface area contributed by atoms with Gasteiger partial charge in [0.15, 0.2) is 0 Å². The lowest BCUT2D eigenvalue weighted by Gasteiger charge is -2.30. The van der Waals surface area contributed by atoms with Gasteiger partial charge in [0.2, 0.25) is 4.47 Å². The van der Waals surface area contributed by atoms with E-state index in [0.29, 0.717) is 30.1 Å². The van der Waals surface area contributed by atoms with Crippen molar-refractivity contribution < 1.29 is 9.53 Å². The molecule has 2 aromatic rings. The lowest BCUT2D eigenvalue weighted by molar-refractivity contribution is 0.0870. The zero-order valence-corrected chi connectivity index (χ0v) is 13.5. The zero-order chi connectivity index (χ0) is 15.4. The summed E-state index contributed by atoms with van der Waals surface area (Å²) in [6, 6.07) is 9.69. The minimum Gasteiger partial charge on any atom is -0.445 e. The van der Waals surface area contributed by atoms with Gasteiger partial charge in [-0.05, 0) is 30.0 Å². The Hall–Kier alpha value is -1.66. The van der Waals surface area contributed by atoms with Crippen LogP contribution in [0.2, 0.25) is 4.47 Å². The van der Waals surface area contributed by atoms with Crippen molar-refractivity contribution in [2.24, 2.45) is 0 Å². The number of rotatable bonds is 3. The zero-order valence-electron chi connectivity index (χ0n) is 11.9. The summed E-state index contributed by atoms with van der Waals surface area (Å²) in [5, 5.41) is 8.89. The Labute approximate surface area is 137 Å². The minimum atomic E-state index is -0.252. The quantitative estimate of drug-likeness (QED) is 0.856. The molecule has 0 bridgehead atoms. The van der Waals surface area contributed by atoms with Gasteiger partial charge in [0.1, 0.15) is 11.6 Å². The number of nitrogens with zero attached hydrogens (tertiary/aromatic N) is 3. The number of halogens is 1. The van der Waals surface area contributed by atoms with Crippen LogP contribution in [0.3, 0.4) is 0 Å². The Morgan fingerprint density at radius 3 is 2.64 bits per heavy atom. The molecule has 1 aromatic heterocycles. The molecular weight excluding hydrogens is 322 g/mol. The fraction of sp³-hybridized carbons (Fsp3) is 0.400. The molecule has 1 aromatic carbocycles. The summed E-state index contributed by atoms with van der Waals surface area (Å²) in [5.41, 5.74) is 0.995. The van der Waals surface area contributed by atoms with E-state index in [0.717, 1.165) is 23.4 Å². The maximum absolute atomic E-state index is 12.1. The third-order valence-electron chi connectivity index (χ3n) is 3.72. The average Bonchev–Trinajstić information content (AvgIpc) is 3.00.